The van der Waals surface area contributed by atoms with Crippen molar-refractivity contribution >= 4 is 21.8 Å². The Hall–Kier alpha value is -1.50. The summed E-state index contributed by atoms with van der Waals surface area (Å²) in [6.07, 6.45) is 2.04. The van der Waals surface area contributed by atoms with Gasteiger partial charge in [-0.1, -0.05) is 18.2 Å². The van der Waals surface area contributed by atoms with E-state index in [1.807, 2.05) is 30.3 Å². The van der Waals surface area contributed by atoms with Crippen LogP contribution in [0.25, 0.3) is 0 Å². The second-order valence-corrected chi connectivity index (χ2v) is 8.26. The summed E-state index contributed by atoms with van der Waals surface area (Å²) in [5.41, 5.74) is 1.94. The molecule has 1 N–H and O–H groups in total. The summed E-state index contributed by atoms with van der Waals surface area (Å²) in [6.45, 7) is 0.207. The standard InChI is InChI=1S/C17H19NO3S2/c1-21-16-7-3-2-5-14(16)12-18-23(19,20)15-8-9-17-13(11-15)6-4-10-22-17/h2-3,5,7-9,11,18H,4,6,10,12H2,1H3. The first kappa shape index (κ1) is 16.4. The number of hydrogen-bond acceptors (Lipinski definition) is 4. The molecule has 3 rings (SSSR count). The fourth-order valence-corrected chi connectivity index (χ4v) is 4.69. The minimum atomic E-state index is -3.53. The highest BCUT2D eigenvalue weighted by atomic mass is 32.2. The first-order valence-corrected chi connectivity index (χ1v) is 9.94. The number of thioether (sulfide) groups is 1. The van der Waals surface area contributed by atoms with Crippen molar-refractivity contribution in [3.63, 3.8) is 0 Å². The molecule has 0 unspecified atom stereocenters. The molecule has 0 bridgehead atoms. The van der Waals surface area contributed by atoms with Crippen LogP contribution in [0.2, 0.25) is 0 Å². The first-order valence-electron chi connectivity index (χ1n) is 7.47. The molecule has 4 nitrogen and oxygen atoms in total. The van der Waals surface area contributed by atoms with Gasteiger partial charge in [0.2, 0.25) is 10.0 Å². The maximum absolute atomic E-state index is 12.5. The predicted octanol–water partition coefficient (Wildman–Crippen LogP) is 3.21. The van der Waals surface area contributed by atoms with Gasteiger partial charge >= 0.3 is 0 Å². The average Bonchev–Trinajstić information content (AvgIpc) is 2.60. The smallest absolute Gasteiger partial charge is 0.240 e. The summed E-state index contributed by atoms with van der Waals surface area (Å²) in [5, 5.41) is 0. The molecule has 122 valence electrons. The van der Waals surface area contributed by atoms with Crippen LogP contribution in [-0.2, 0) is 23.0 Å². The normalized spacial score (nSPS) is 14.3. The van der Waals surface area contributed by atoms with Gasteiger partial charge < -0.3 is 4.74 Å². The van der Waals surface area contributed by atoms with Crippen molar-refractivity contribution in [2.45, 2.75) is 29.2 Å². The monoisotopic (exact) mass is 349 g/mol. The van der Waals surface area contributed by atoms with Crippen molar-refractivity contribution < 1.29 is 13.2 Å². The Morgan fingerprint density at radius 1 is 1.22 bits per heavy atom. The van der Waals surface area contributed by atoms with Gasteiger partial charge in [-0.2, -0.15) is 0 Å². The van der Waals surface area contributed by atoms with Gasteiger partial charge in [0.25, 0.3) is 0 Å². The molecule has 1 aliphatic heterocycles. The minimum absolute atomic E-state index is 0.207. The second-order valence-electron chi connectivity index (χ2n) is 5.36. The van der Waals surface area contributed by atoms with Crippen LogP contribution < -0.4 is 9.46 Å². The zero-order valence-electron chi connectivity index (χ0n) is 12.9. The van der Waals surface area contributed by atoms with Gasteiger partial charge in [-0.05, 0) is 48.4 Å². The molecule has 0 saturated heterocycles. The number of methoxy groups -OCH3 is 1. The Kier molecular flexibility index (Phi) is 4.94. The van der Waals surface area contributed by atoms with Crippen molar-refractivity contribution in [3.8, 4) is 5.75 Å². The third-order valence-electron chi connectivity index (χ3n) is 3.84. The summed E-state index contributed by atoms with van der Waals surface area (Å²) in [5.74, 6) is 1.78. The van der Waals surface area contributed by atoms with E-state index in [1.54, 1.807) is 31.0 Å². The lowest BCUT2D eigenvalue weighted by atomic mass is 10.1. The number of hydrogen-bond donors (Lipinski definition) is 1. The Morgan fingerprint density at radius 3 is 2.87 bits per heavy atom. The number of sulfonamides is 1. The lowest BCUT2D eigenvalue weighted by molar-refractivity contribution is 0.409. The summed E-state index contributed by atoms with van der Waals surface area (Å²) >= 11 is 1.79. The molecular weight excluding hydrogens is 330 g/mol. The molecule has 23 heavy (non-hydrogen) atoms. The maximum atomic E-state index is 12.5. The van der Waals surface area contributed by atoms with Crippen LogP contribution in [0.4, 0.5) is 0 Å². The topological polar surface area (TPSA) is 55.4 Å². The lowest BCUT2D eigenvalue weighted by Crippen LogP contribution is -2.23. The van der Waals surface area contributed by atoms with E-state index in [9.17, 15) is 8.42 Å². The quantitative estimate of drug-likeness (QED) is 0.900. The molecular formula is C17H19NO3S2. The highest BCUT2D eigenvalue weighted by Gasteiger charge is 2.18. The summed E-state index contributed by atoms with van der Waals surface area (Å²) in [4.78, 5) is 1.52. The average molecular weight is 349 g/mol. The van der Waals surface area contributed by atoms with E-state index in [0.717, 1.165) is 29.7 Å². The number of nitrogens with one attached hydrogen (secondary N) is 1. The van der Waals surface area contributed by atoms with Crippen LogP contribution in [-0.4, -0.2) is 21.3 Å². The summed E-state index contributed by atoms with van der Waals surface area (Å²) < 4.78 is 33.0. The van der Waals surface area contributed by atoms with Crippen LogP contribution in [0.3, 0.4) is 0 Å². The molecule has 1 heterocycles. The van der Waals surface area contributed by atoms with Gasteiger partial charge in [-0.3, -0.25) is 0 Å². The minimum Gasteiger partial charge on any atom is -0.496 e. The summed E-state index contributed by atoms with van der Waals surface area (Å²) in [6, 6.07) is 12.8. The molecule has 6 heteroatoms. The van der Waals surface area contributed by atoms with Crippen LogP contribution in [0.15, 0.2) is 52.3 Å². The molecule has 0 spiro atoms. The van der Waals surface area contributed by atoms with Crippen LogP contribution in [0.5, 0.6) is 5.75 Å². The van der Waals surface area contributed by atoms with Crippen molar-refractivity contribution in [2.24, 2.45) is 0 Å². The van der Waals surface area contributed by atoms with Crippen LogP contribution >= 0.6 is 11.8 Å². The van der Waals surface area contributed by atoms with E-state index in [2.05, 4.69) is 4.72 Å². The zero-order valence-corrected chi connectivity index (χ0v) is 14.5. The van der Waals surface area contributed by atoms with E-state index in [4.69, 9.17) is 4.74 Å². The Morgan fingerprint density at radius 2 is 2.04 bits per heavy atom. The van der Waals surface area contributed by atoms with Gasteiger partial charge in [-0.15, -0.1) is 11.8 Å². The SMILES string of the molecule is COc1ccccc1CNS(=O)(=O)c1ccc2c(c1)CCCS2. The van der Waals surface area contributed by atoms with E-state index >= 15 is 0 Å². The third-order valence-corrected chi connectivity index (χ3v) is 6.44. The zero-order chi connectivity index (χ0) is 16.3. The van der Waals surface area contributed by atoms with Crippen molar-refractivity contribution in [1.29, 1.82) is 0 Å². The number of para-hydroxylation sites is 1. The van der Waals surface area contributed by atoms with E-state index < -0.39 is 10.0 Å². The lowest BCUT2D eigenvalue weighted by Gasteiger charge is -2.16. The highest BCUT2D eigenvalue weighted by Crippen LogP contribution is 2.31. The van der Waals surface area contributed by atoms with Gasteiger partial charge in [0.05, 0.1) is 12.0 Å². The van der Waals surface area contributed by atoms with E-state index in [0.29, 0.717) is 10.6 Å². The van der Waals surface area contributed by atoms with Crippen molar-refractivity contribution in [1.82, 2.24) is 4.72 Å². The Labute approximate surface area is 141 Å². The van der Waals surface area contributed by atoms with Crippen LogP contribution in [0.1, 0.15) is 17.5 Å². The first-order chi connectivity index (χ1) is 11.1. The van der Waals surface area contributed by atoms with E-state index in [-0.39, 0.29) is 6.54 Å². The molecule has 0 fully saturated rings. The molecule has 0 saturated carbocycles. The maximum Gasteiger partial charge on any atom is 0.240 e. The number of ether oxygens (including phenoxy) is 1. The molecule has 0 aliphatic carbocycles. The predicted molar refractivity (Wildman–Crippen MR) is 92.5 cm³/mol. The largest absolute Gasteiger partial charge is 0.496 e. The van der Waals surface area contributed by atoms with Gasteiger partial charge in [-0.25, -0.2) is 13.1 Å². The van der Waals surface area contributed by atoms with E-state index in [1.165, 1.54) is 4.90 Å². The molecule has 1 aliphatic rings. The Balaban J connectivity index is 1.79. The molecule has 2 aromatic carbocycles. The number of rotatable bonds is 5. The molecule has 0 atom stereocenters. The molecule has 2 aromatic rings. The van der Waals surface area contributed by atoms with Crippen molar-refractivity contribution in [2.75, 3.05) is 12.9 Å². The van der Waals surface area contributed by atoms with Gasteiger partial charge in [0, 0.05) is 17.0 Å². The second kappa shape index (κ2) is 6.95. The number of fused-ring (bicyclic) bond motifs is 1. The molecule has 0 aromatic heterocycles. The third kappa shape index (κ3) is 3.71. The molecule has 0 radical (unpaired) electrons. The fourth-order valence-electron chi connectivity index (χ4n) is 2.61. The van der Waals surface area contributed by atoms with Gasteiger partial charge in [0.15, 0.2) is 0 Å². The van der Waals surface area contributed by atoms with Crippen molar-refractivity contribution in [3.05, 3.63) is 53.6 Å². The molecule has 0 amide bonds. The number of aryl methyl sites for hydroxylation is 1. The number of benzene rings is 2. The highest BCUT2D eigenvalue weighted by molar-refractivity contribution is 7.99. The fraction of sp³-hybridized carbons (Fsp3) is 0.294. The summed E-state index contributed by atoms with van der Waals surface area (Å²) in [7, 11) is -1.95. The van der Waals surface area contributed by atoms with Crippen LogP contribution in [0, 0.1) is 0 Å². The Bertz CT molecular complexity index is 803. The van der Waals surface area contributed by atoms with Gasteiger partial charge in [0.1, 0.15) is 5.75 Å².